The van der Waals surface area contributed by atoms with E-state index < -0.39 is 27.1 Å². The molecule has 0 aromatic carbocycles. The fourth-order valence-electron chi connectivity index (χ4n) is 3.53. The van der Waals surface area contributed by atoms with Crippen molar-refractivity contribution in [2.75, 3.05) is 13.2 Å². The first-order valence-corrected chi connectivity index (χ1v) is 15.3. The zero-order chi connectivity index (χ0) is 28.9. The van der Waals surface area contributed by atoms with Crippen molar-refractivity contribution in [2.24, 2.45) is 11.8 Å². The molecule has 0 saturated carbocycles. The smallest absolute Gasteiger partial charge is 0.580 e. The maximum atomic E-state index is 12.3. The molecule has 0 aliphatic carbocycles. The predicted octanol–water partition coefficient (Wildman–Crippen LogP) is 6.84. The first-order valence-electron chi connectivity index (χ1n) is 13.9. The molecule has 2 atom stereocenters. The highest BCUT2D eigenvalue weighted by atomic mass is 27.3. The summed E-state index contributed by atoms with van der Waals surface area (Å²) in [5.74, 6) is 0.257. The third-order valence-electron chi connectivity index (χ3n) is 5.90. The third-order valence-corrected chi connectivity index (χ3v) is 7.60. The van der Waals surface area contributed by atoms with E-state index in [0.29, 0.717) is 30.8 Å². The van der Waals surface area contributed by atoms with Crippen LogP contribution in [0.4, 0.5) is 0 Å². The van der Waals surface area contributed by atoms with Crippen molar-refractivity contribution in [3.05, 3.63) is 35.5 Å². The summed E-state index contributed by atoms with van der Waals surface area (Å²) >= 11 is -2.98. The van der Waals surface area contributed by atoms with Crippen LogP contribution in [0.1, 0.15) is 107 Å². The normalized spacial score (nSPS) is 13.8. The summed E-state index contributed by atoms with van der Waals surface area (Å²) in [5.41, 5.74) is 0. The summed E-state index contributed by atoms with van der Waals surface area (Å²) in [7, 11) is 0. The van der Waals surface area contributed by atoms with E-state index >= 15 is 0 Å². The molecule has 0 N–H and O–H groups in total. The highest BCUT2D eigenvalue weighted by Gasteiger charge is 2.44. The zero-order valence-corrected chi connectivity index (χ0v) is 26.0. The minimum absolute atomic E-state index is 0.191. The molecule has 0 bridgehead atoms. The maximum absolute atomic E-state index is 12.3. The van der Waals surface area contributed by atoms with Crippen LogP contribution < -0.4 is 0 Å². The van der Waals surface area contributed by atoms with E-state index in [1.165, 1.54) is 25.2 Å². The number of carbonyl (C=O) groups excluding carboxylic acids is 3. The van der Waals surface area contributed by atoms with E-state index in [4.69, 9.17) is 20.8 Å². The van der Waals surface area contributed by atoms with Crippen molar-refractivity contribution in [3.8, 4) is 0 Å². The van der Waals surface area contributed by atoms with E-state index in [1.807, 2.05) is 0 Å². The Kier molecular flexibility index (Phi) is 20.4. The lowest BCUT2D eigenvalue weighted by Gasteiger charge is -2.18. The monoisotopic (exact) mass is 552 g/mol. The van der Waals surface area contributed by atoms with Crippen molar-refractivity contribution in [2.45, 2.75) is 107 Å². The lowest BCUT2D eigenvalue weighted by Crippen LogP contribution is -2.26. The van der Waals surface area contributed by atoms with Gasteiger partial charge in [-0.15, -0.1) is 0 Å². The molecule has 0 aliphatic heterocycles. The van der Waals surface area contributed by atoms with Crippen molar-refractivity contribution >= 4 is 32.9 Å². The van der Waals surface area contributed by atoms with E-state index in [2.05, 4.69) is 27.7 Å². The number of esters is 2. The van der Waals surface area contributed by atoms with Crippen LogP contribution in [0.2, 0.25) is 0 Å². The first kappa shape index (κ1) is 35.8. The topological polar surface area (TPSA) is 97.4 Å². The summed E-state index contributed by atoms with van der Waals surface area (Å²) in [4.78, 5) is 36.1. The van der Waals surface area contributed by atoms with Gasteiger partial charge in [-0.2, -0.15) is 0 Å². The Hall–Kier alpha value is -2.24. The Morgan fingerprint density at radius 2 is 1.00 bits per heavy atom. The molecule has 0 fully saturated rings. The second-order valence-electron chi connectivity index (χ2n) is 9.61. The molecule has 0 aromatic heterocycles. The summed E-state index contributed by atoms with van der Waals surface area (Å²) in [6, 6.07) is 0. The molecular weight excluding hydrogens is 503 g/mol. The molecule has 0 aromatic rings. The summed E-state index contributed by atoms with van der Waals surface area (Å²) < 4.78 is 28.1. The fraction of sp³-hybridized carbons (Fsp3) is 0.690. The van der Waals surface area contributed by atoms with Gasteiger partial charge >= 0.3 is 27.1 Å². The average Bonchev–Trinajstić information content (AvgIpc) is 2.83. The number of ketones is 1. The van der Waals surface area contributed by atoms with Gasteiger partial charge in [0.2, 0.25) is 0 Å². The Bertz CT molecular complexity index is 752. The van der Waals surface area contributed by atoms with Gasteiger partial charge in [-0.05, 0) is 52.4 Å². The standard InChI is InChI=1S/2C12H22O3.C5H8O2.Al/c2*1-4-6-7-11(5-2)9-15-12(14)8-10(3)13;1-4(6)3-5(2)7;/h2*8,11,13H,4-7,9H2,1-3H3;3,6H,1-2H3;/q;;;+3/p-3. The van der Waals surface area contributed by atoms with Crippen LogP contribution in [0.3, 0.4) is 0 Å². The van der Waals surface area contributed by atoms with E-state index in [0.717, 1.165) is 51.4 Å². The largest absolute Gasteiger partial charge is 1.20 e. The van der Waals surface area contributed by atoms with Crippen molar-refractivity contribution in [3.63, 3.8) is 0 Å². The molecule has 0 spiro atoms. The molecule has 0 heterocycles. The molecule has 0 saturated heterocycles. The number of hydrogen-bond donors (Lipinski definition) is 0. The lowest BCUT2D eigenvalue weighted by atomic mass is 10.0. The third kappa shape index (κ3) is 18.9. The second-order valence-corrected chi connectivity index (χ2v) is 10.9. The number of unbranched alkanes of at least 4 members (excludes halogenated alkanes) is 2. The van der Waals surface area contributed by atoms with E-state index in [-0.39, 0.29) is 17.3 Å². The minimum Gasteiger partial charge on any atom is -0.580 e. The molecule has 2 unspecified atom stereocenters. The Balaban J connectivity index is 5.23. The number of rotatable bonds is 21. The number of hydrogen-bond acceptors (Lipinski definition) is 8. The summed E-state index contributed by atoms with van der Waals surface area (Å²) in [6.07, 6.45) is 12.1. The molecule has 8 nitrogen and oxygen atoms in total. The van der Waals surface area contributed by atoms with Gasteiger partial charge in [0, 0.05) is 6.08 Å². The van der Waals surface area contributed by atoms with Crippen molar-refractivity contribution in [1.82, 2.24) is 0 Å². The molecule has 9 heteroatoms. The van der Waals surface area contributed by atoms with Crippen LogP contribution in [0.5, 0.6) is 0 Å². The van der Waals surface area contributed by atoms with Gasteiger partial charge in [-0.1, -0.05) is 66.2 Å². The Morgan fingerprint density at radius 3 is 1.32 bits per heavy atom. The van der Waals surface area contributed by atoms with E-state index in [9.17, 15) is 14.4 Å². The van der Waals surface area contributed by atoms with Crippen LogP contribution in [0.25, 0.3) is 0 Å². The number of allylic oxidation sites excluding steroid dienone is 4. The summed E-state index contributed by atoms with van der Waals surface area (Å²) in [6.45, 7) is 15.4. The van der Waals surface area contributed by atoms with E-state index in [1.54, 1.807) is 20.8 Å². The van der Waals surface area contributed by atoms with Crippen LogP contribution in [-0.4, -0.2) is 46.1 Å². The highest BCUT2D eigenvalue weighted by Crippen LogP contribution is 2.15. The Labute approximate surface area is 235 Å². The predicted molar refractivity (Wildman–Crippen MR) is 149 cm³/mol. The Morgan fingerprint density at radius 1 is 0.632 bits per heavy atom. The molecule has 0 aliphatic rings. The second kappa shape index (κ2) is 21.7. The molecule has 38 heavy (non-hydrogen) atoms. The van der Waals surface area contributed by atoms with Crippen LogP contribution >= 0.6 is 0 Å². The van der Waals surface area contributed by atoms with Gasteiger partial charge in [0.25, 0.3) is 0 Å². The quantitative estimate of drug-likeness (QED) is 0.0661. The van der Waals surface area contributed by atoms with Gasteiger partial charge in [0.05, 0.1) is 42.6 Å². The molecule has 216 valence electrons. The SMILES string of the molecule is CCCCC(CC)COC(=O)C=C(C)[O][Al]([O]C(C)=CC(C)=O)[O]C(C)=CC(=O)OCC(CC)CCCC. The maximum Gasteiger partial charge on any atom is 1.20 e. The number of carbonyl (C=O) groups is 3. The van der Waals surface area contributed by atoms with Gasteiger partial charge in [0.1, 0.15) is 0 Å². The van der Waals surface area contributed by atoms with Gasteiger partial charge in [-0.25, -0.2) is 9.59 Å². The van der Waals surface area contributed by atoms with Crippen molar-refractivity contribution in [1.29, 1.82) is 0 Å². The zero-order valence-electron chi connectivity index (χ0n) is 24.8. The average molecular weight is 553 g/mol. The van der Waals surface area contributed by atoms with Crippen LogP contribution in [0.15, 0.2) is 35.5 Å². The van der Waals surface area contributed by atoms with Crippen LogP contribution in [-0.2, 0) is 35.2 Å². The van der Waals surface area contributed by atoms with Crippen LogP contribution in [0, 0.1) is 11.8 Å². The van der Waals surface area contributed by atoms with Gasteiger partial charge in [0.15, 0.2) is 5.78 Å². The fourth-order valence-corrected chi connectivity index (χ4v) is 4.79. The number of ether oxygens (including phenoxy) is 2. The lowest BCUT2D eigenvalue weighted by molar-refractivity contribution is -0.140. The molecule has 0 rings (SSSR count). The summed E-state index contributed by atoms with van der Waals surface area (Å²) in [5, 5.41) is 0. The van der Waals surface area contributed by atoms with Crippen molar-refractivity contribution < 1.29 is 35.2 Å². The van der Waals surface area contributed by atoms with Gasteiger partial charge < -0.3 is 20.8 Å². The first-order chi connectivity index (χ1) is 18.0. The highest BCUT2D eigenvalue weighted by molar-refractivity contribution is 6.37. The molecule has 0 amide bonds. The molecule has 0 radical (unpaired) electrons. The minimum atomic E-state index is -2.98. The van der Waals surface area contributed by atoms with Gasteiger partial charge in [-0.3, -0.25) is 4.79 Å². The molecular formula is C29H49AlO8.